The Balaban J connectivity index is 1.54. The molecule has 1 amide bonds. The van der Waals surface area contributed by atoms with Crippen molar-refractivity contribution >= 4 is 11.7 Å². The van der Waals surface area contributed by atoms with Gasteiger partial charge >= 0.3 is 6.18 Å². The number of halogens is 3. The maximum Gasteiger partial charge on any atom is 0.433 e. The highest BCUT2D eigenvalue weighted by Crippen LogP contribution is 2.40. The van der Waals surface area contributed by atoms with Crippen molar-refractivity contribution in [3.8, 4) is 0 Å². The minimum Gasteiger partial charge on any atom is -0.342 e. The van der Waals surface area contributed by atoms with Gasteiger partial charge in [0.2, 0.25) is 5.91 Å². The summed E-state index contributed by atoms with van der Waals surface area (Å²) >= 11 is 0. The maximum absolute atomic E-state index is 13.3. The van der Waals surface area contributed by atoms with Gasteiger partial charge in [-0.3, -0.25) is 4.79 Å². The summed E-state index contributed by atoms with van der Waals surface area (Å²) in [6.07, 6.45) is -1.29. The average molecular weight is 353 g/mol. The van der Waals surface area contributed by atoms with Crippen molar-refractivity contribution < 1.29 is 18.0 Å². The fourth-order valence-electron chi connectivity index (χ4n) is 3.54. The van der Waals surface area contributed by atoms with Gasteiger partial charge in [-0.15, -0.1) is 0 Å². The van der Waals surface area contributed by atoms with Crippen LogP contribution < -0.4 is 0 Å². The van der Waals surface area contributed by atoms with E-state index in [1.165, 1.54) is 0 Å². The van der Waals surface area contributed by atoms with Crippen LogP contribution in [0.25, 0.3) is 5.78 Å². The molecule has 2 aromatic rings. The van der Waals surface area contributed by atoms with Crippen LogP contribution in [0.2, 0.25) is 0 Å². The summed E-state index contributed by atoms with van der Waals surface area (Å²) in [5.74, 6) is 0.622. The molecule has 0 spiro atoms. The summed E-state index contributed by atoms with van der Waals surface area (Å²) in [7, 11) is 0. The zero-order valence-corrected chi connectivity index (χ0v) is 13.7. The van der Waals surface area contributed by atoms with Crippen LogP contribution in [0.3, 0.4) is 0 Å². The summed E-state index contributed by atoms with van der Waals surface area (Å²) in [4.78, 5) is 22.2. The zero-order chi connectivity index (χ0) is 17.8. The molecule has 2 aliphatic rings. The number of nitrogens with zero attached hydrogens (tertiary/aromatic N) is 5. The average Bonchev–Trinajstić information content (AvgIpc) is 3.12. The van der Waals surface area contributed by atoms with E-state index in [1.807, 2.05) is 4.90 Å². The Hall–Kier alpha value is -2.19. The van der Waals surface area contributed by atoms with Crippen LogP contribution in [0.5, 0.6) is 0 Å². The topological polar surface area (TPSA) is 63.4 Å². The zero-order valence-electron chi connectivity index (χ0n) is 13.7. The van der Waals surface area contributed by atoms with Gasteiger partial charge in [0.25, 0.3) is 5.78 Å². The first-order chi connectivity index (χ1) is 11.8. The first kappa shape index (κ1) is 16.3. The third-order valence-electron chi connectivity index (χ3n) is 5.21. The summed E-state index contributed by atoms with van der Waals surface area (Å²) in [5, 5.41) is 3.61. The van der Waals surface area contributed by atoms with E-state index >= 15 is 0 Å². The third kappa shape index (κ3) is 2.96. The lowest BCUT2D eigenvalue weighted by Gasteiger charge is -2.32. The molecule has 134 valence electrons. The molecular weight excluding hydrogens is 335 g/mol. The van der Waals surface area contributed by atoms with Gasteiger partial charge in [0.05, 0.1) is 0 Å². The predicted octanol–water partition coefficient (Wildman–Crippen LogP) is 2.51. The SMILES string of the molecule is CC1CC1C(=O)N1CCC(c2cc(C(F)(F)F)n3ncnc3n2)CC1. The molecule has 6 nitrogen and oxygen atoms in total. The first-order valence-electron chi connectivity index (χ1n) is 8.41. The van der Waals surface area contributed by atoms with Gasteiger partial charge in [-0.05, 0) is 31.2 Å². The summed E-state index contributed by atoms with van der Waals surface area (Å²) in [6, 6.07) is 1.06. The largest absolute Gasteiger partial charge is 0.433 e. The van der Waals surface area contributed by atoms with Gasteiger partial charge in [-0.2, -0.15) is 27.8 Å². The van der Waals surface area contributed by atoms with E-state index in [0.717, 1.165) is 23.3 Å². The number of carbonyl (C=O) groups excluding carboxylic acids is 1. The number of aromatic nitrogens is 4. The molecule has 0 aromatic carbocycles. The Morgan fingerprint density at radius 1 is 1.28 bits per heavy atom. The molecule has 2 aromatic heterocycles. The highest BCUT2D eigenvalue weighted by Gasteiger charge is 2.42. The molecule has 1 aliphatic carbocycles. The van der Waals surface area contributed by atoms with E-state index in [2.05, 4.69) is 22.0 Å². The van der Waals surface area contributed by atoms with Crippen molar-refractivity contribution in [1.82, 2.24) is 24.5 Å². The van der Waals surface area contributed by atoms with Crippen LogP contribution in [0.4, 0.5) is 13.2 Å². The highest BCUT2D eigenvalue weighted by molar-refractivity contribution is 5.81. The number of carbonyl (C=O) groups is 1. The summed E-state index contributed by atoms with van der Waals surface area (Å²) in [5.41, 5.74) is -0.491. The molecule has 1 aliphatic heterocycles. The van der Waals surface area contributed by atoms with E-state index in [-0.39, 0.29) is 23.5 Å². The van der Waals surface area contributed by atoms with Crippen LogP contribution in [0, 0.1) is 11.8 Å². The lowest BCUT2D eigenvalue weighted by atomic mass is 9.92. The molecule has 0 bridgehead atoms. The number of likely N-dealkylation sites (tertiary alicyclic amines) is 1. The van der Waals surface area contributed by atoms with E-state index < -0.39 is 11.9 Å². The quantitative estimate of drug-likeness (QED) is 0.832. The fourth-order valence-corrected chi connectivity index (χ4v) is 3.54. The van der Waals surface area contributed by atoms with Crippen molar-refractivity contribution in [3.05, 3.63) is 23.8 Å². The van der Waals surface area contributed by atoms with E-state index in [9.17, 15) is 18.0 Å². The predicted molar refractivity (Wildman–Crippen MR) is 81.6 cm³/mol. The second-order valence-corrected chi connectivity index (χ2v) is 6.95. The number of hydrogen-bond donors (Lipinski definition) is 0. The number of piperidine rings is 1. The maximum atomic E-state index is 13.3. The van der Waals surface area contributed by atoms with Crippen molar-refractivity contribution in [2.45, 2.75) is 38.3 Å². The molecule has 9 heteroatoms. The van der Waals surface area contributed by atoms with Gasteiger partial charge in [-0.1, -0.05) is 6.92 Å². The minimum atomic E-state index is -4.53. The Morgan fingerprint density at radius 3 is 2.56 bits per heavy atom. The molecule has 1 saturated carbocycles. The Labute approximate surface area is 142 Å². The van der Waals surface area contributed by atoms with Gasteiger partial charge in [0, 0.05) is 30.6 Å². The van der Waals surface area contributed by atoms with Crippen LogP contribution in [-0.2, 0) is 11.0 Å². The first-order valence-corrected chi connectivity index (χ1v) is 8.41. The molecule has 1 saturated heterocycles. The van der Waals surface area contributed by atoms with Gasteiger partial charge in [0.15, 0.2) is 5.69 Å². The highest BCUT2D eigenvalue weighted by atomic mass is 19.4. The second-order valence-electron chi connectivity index (χ2n) is 6.95. The smallest absolute Gasteiger partial charge is 0.342 e. The minimum absolute atomic E-state index is 0.0462. The standard InChI is InChI=1S/C16H18F3N5O/c1-9-6-11(9)14(25)23-4-2-10(3-5-23)12-7-13(16(17,18)19)24-15(22-12)20-8-21-24/h7-11H,2-6H2,1H3. The number of hydrogen-bond acceptors (Lipinski definition) is 4. The second kappa shape index (κ2) is 5.67. The number of amides is 1. The van der Waals surface area contributed by atoms with Crippen molar-refractivity contribution in [3.63, 3.8) is 0 Å². The molecule has 2 atom stereocenters. The number of alkyl halides is 3. The Kier molecular flexibility index (Phi) is 3.69. The van der Waals surface area contributed by atoms with Crippen LogP contribution in [0.15, 0.2) is 12.4 Å². The third-order valence-corrected chi connectivity index (χ3v) is 5.21. The number of rotatable bonds is 2. The van der Waals surface area contributed by atoms with Crippen molar-refractivity contribution in [2.24, 2.45) is 11.8 Å². The molecular formula is C16H18F3N5O. The summed E-state index contributed by atoms with van der Waals surface area (Å²) in [6.45, 7) is 3.19. The fraction of sp³-hybridized carbons (Fsp3) is 0.625. The van der Waals surface area contributed by atoms with E-state index in [1.54, 1.807) is 0 Å². The Morgan fingerprint density at radius 2 is 1.96 bits per heavy atom. The van der Waals surface area contributed by atoms with Crippen molar-refractivity contribution in [1.29, 1.82) is 0 Å². The molecule has 3 heterocycles. The van der Waals surface area contributed by atoms with Gasteiger partial charge in [-0.25, -0.2) is 4.98 Å². The lowest BCUT2D eigenvalue weighted by Crippen LogP contribution is -2.39. The van der Waals surface area contributed by atoms with Crippen LogP contribution >= 0.6 is 0 Å². The van der Waals surface area contributed by atoms with Gasteiger partial charge < -0.3 is 4.90 Å². The molecule has 4 rings (SSSR count). The lowest BCUT2D eigenvalue weighted by molar-refractivity contribution is -0.142. The Bertz CT molecular complexity index is 810. The van der Waals surface area contributed by atoms with Gasteiger partial charge in [0.1, 0.15) is 6.33 Å². The monoisotopic (exact) mass is 353 g/mol. The van der Waals surface area contributed by atoms with Crippen LogP contribution in [0.1, 0.15) is 43.5 Å². The molecule has 0 N–H and O–H groups in total. The van der Waals surface area contributed by atoms with Crippen molar-refractivity contribution in [2.75, 3.05) is 13.1 Å². The van der Waals surface area contributed by atoms with Crippen LogP contribution in [-0.4, -0.2) is 43.5 Å². The summed E-state index contributed by atoms with van der Waals surface area (Å²) < 4.78 is 40.5. The molecule has 25 heavy (non-hydrogen) atoms. The van der Waals surface area contributed by atoms with E-state index in [0.29, 0.717) is 37.5 Å². The molecule has 2 fully saturated rings. The molecule has 0 radical (unpaired) electrons. The normalized spacial score (nSPS) is 24.7. The molecule has 2 unspecified atom stereocenters. The van der Waals surface area contributed by atoms with E-state index in [4.69, 9.17) is 0 Å². The number of fused-ring (bicyclic) bond motifs is 1.